The highest BCUT2D eigenvalue weighted by Crippen LogP contribution is 2.25. The third-order valence-electron chi connectivity index (χ3n) is 3.95. The number of imidazole rings is 1. The average Bonchev–Trinajstić information content (AvgIpc) is 2.96. The van der Waals surface area contributed by atoms with Crippen molar-refractivity contribution in [2.45, 2.75) is 33.1 Å². The van der Waals surface area contributed by atoms with Crippen molar-refractivity contribution in [2.75, 3.05) is 12.4 Å². The molecule has 3 rings (SSSR count). The number of hydrogen-bond donors (Lipinski definition) is 2. The van der Waals surface area contributed by atoms with Gasteiger partial charge in [-0.15, -0.1) is 0 Å². The Morgan fingerprint density at radius 1 is 1.27 bits per heavy atom. The normalized spacial score (nSPS) is 12.5. The Hall–Kier alpha value is -2.43. The lowest BCUT2D eigenvalue weighted by Crippen LogP contribution is -2.05. The van der Waals surface area contributed by atoms with Crippen LogP contribution in [0, 0.1) is 6.92 Å². The predicted molar refractivity (Wildman–Crippen MR) is 89.3 cm³/mol. The van der Waals surface area contributed by atoms with E-state index in [4.69, 9.17) is 4.98 Å². The zero-order valence-electron chi connectivity index (χ0n) is 13.4. The Morgan fingerprint density at radius 3 is 2.82 bits per heavy atom. The van der Waals surface area contributed by atoms with E-state index in [0.717, 1.165) is 46.0 Å². The molecule has 0 amide bonds. The monoisotopic (exact) mass is 295 g/mol. The molecule has 22 heavy (non-hydrogen) atoms. The first-order valence-electron chi connectivity index (χ1n) is 7.62. The summed E-state index contributed by atoms with van der Waals surface area (Å²) in [6, 6.07) is 6.21. The van der Waals surface area contributed by atoms with Crippen LogP contribution in [0.4, 0.5) is 5.69 Å². The summed E-state index contributed by atoms with van der Waals surface area (Å²) < 4.78 is 0. The van der Waals surface area contributed by atoms with Gasteiger partial charge in [0.2, 0.25) is 0 Å². The molecule has 0 saturated carbocycles. The molecule has 0 spiro atoms. The van der Waals surface area contributed by atoms with Crippen molar-refractivity contribution in [3.63, 3.8) is 0 Å². The third kappa shape index (κ3) is 2.54. The minimum absolute atomic E-state index is 0.103. The summed E-state index contributed by atoms with van der Waals surface area (Å²) in [4.78, 5) is 17.1. The molecule has 0 fully saturated rings. The topological polar surface area (TPSA) is 66.5 Å². The highest BCUT2D eigenvalue weighted by atomic mass is 15.0. The van der Waals surface area contributed by atoms with Gasteiger partial charge in [0.05, 0.1) is 28.5 Å². The summed E-state index contributed by atoms with van der Waals surface area (Å²) in [5.74, 6) is 1.01. The van der Waals surface area contributed by atoms with Gasteiger partial charge in [0, 0.05) is 13.2 Å². The van der Waals surface area contributed by atoms with Crippen molar-refractivity contribution in [3.8, 4) is 0 Å². The lowest BCUT2D eigenvalue weighted by atomic mass is 10.1. The van der Waals surface area contributed by atoms with Gasteiger partial charge in [0.15, 0.2) is 5.65 Å². The second-order valence-corrected chi connectivity index (χ2v) is 5.56. The van der Waals surface area contributed by atoms with Gasteiger partial charge in [-0.25, -0.2) is 9.97 Å². The first kappa shape index (κ1) is 14.5. The van der Waals surface area contributed by atoms with Gasteiger partial charge in [-0.3, -0.25) is 4.98 Å². The van der Waals surface area contributed by atoms with Crippen LogP contribution in [0.2, 0.25) is 0 Å². The summed E-state index contributed by atoms with van der Waals surface area (Å²) in [7, 11) is 1.92. The highest BCUT2D eigenvalue weighted by Gasteiger charge is 2.16. The molecular formula is C17H21N5. The number of nitrogens with zero attached hydrogens (tertiary/aromatic N) is 3. The van der Waals surface area contributed by atoms with E-state index in [-0.39, 0.29) is 5.92 Å². The molecule has 0 aliphatic heterocycles. The number of aromatic amines is 1. The molecule has 0 aliphatic carbocycles. The molecule has 5 heteroatoms. The first-order chi connectivity index (χ1) is 10.6. The maximum atomic E-state index is 4.78. The number of fused-ring (bicyclic) bond motifs is 1. The van der Waals surface area contributed by atoms with Crippen LogP contribution < -0.4 is 5.32 Å². The number of hydrogen-bond acceptors (Lipinski definition) is 4. The van der Waals surface area contributed by atoms with E-state index in [1.54, 1.807) is 0 Å². The Kier molecular flexibility index (Phi) is 3.79. The summed E-state index contributed by atoms with van der Waals surface area (Å²) in [6.45, 7) is 6.26. The Balaban J connectivity index is 1.99. The van der Waals surface area contributed by atoms with E-state index < -0.39 is 0 Å². The quantitative estimate of drug-likeness (QED) is 0.774. The van der Waals surface area contributed by atoms with E-state index in [1.165, 1.54) is 0 Å². The summed E-state index contributed by atoms with van der Waals surface area (Å²) in [6.07, 6.45) is 2.74. The van der Waals surface area contributed by atoms with Crippen LogP contribution in [0.25, 0.3) is 11.2 Å². The summed E-state index contributed by atoms with van der Waals surface area (Å²) in [5.41, 5.74) is 6.04. The largest absolute Gasteiger partial charge is 0.387 e. The molecule has 3 aromatic rings. The van der Waals surface area contributed by atoms with Crippen LogP contribution in [0.5, 0.6) is 0 Å². The van der Waals surface area contributed by atoms with E-state index in [0.29, 0.717) is 0 Å². The number of rotatable bonds is 4. The van der Waals surface area contributed by atoms with Crippen molar-refractivity contribution in [3.05, 3.63) is 47.2 Å². The van der Waals surface area contributed by atoms with Crippen molar-refractivity contribution in [2.24, 2.45) is 0 Å². The minimum atomic E-state index is 0.103. The van der Waals surface area contributed by atoms with Gasteiger partial charge in [0.25, 0.3) is 0 Å². The number of H-pyrrole nitrogens is 1. The fourth-order valence-corrected chi connectivity index (χ4v) is 2.62. The Bertz CT molecular complexity index is 806. The molecule has 0 aliphatic rings. The molecule has 114 valence electrons. The number of anilines is 1. The number of pyridine rings is 2. The number of aryl methyl sites for hydroxylation is 2. The Labute approximate surface area is 130 Å². The standard InChI is InChI=1S/C17H21N5/c1-5-12-14(18-4)7-6-13(20-12)11(3)16-21-15-8-10(2)9-19-17(15)22-16/h6-9,11,18H,5H2,1-4H3,(H,19,21,22). The van der Waals surface area contributed by atoms with Gasteiger partial charge < -0.3 is 10.3 Å². The molecule has 3 heterocycles. The molecule has 2 N–H and O–H groups in total. The summed E-state index contributed by atoms with van der Waals surface area (Å²) >= 11 is 0. The van der Waals surface area contributed by atoms with Crippen LogP contribution in [0.3, 0.4) is 0 Å². The lowest BCUT2D eigenvalue weighted by Gasteiger charge is -2.12. The van der Waals surface area contributed by atoms with Gasteiger partial charge in [0.1, 0.15) is 5.82 Å². The Morgan fingerprint density at radius 2 is 2.09 bits per heavy atom. The molecule has 0 radical (unpaired) electrons. The first-order valence-corrected chi connectivity index (χ1v) is 7.62. The van der Waals surface area contributed by atoms with Crippen LogP contribution in [0.15, 0.2) is 24.4 Å². The van der Waals surface area contributed by atoms with Crippen LogP contribution in [-0.4, -0.2) is 27.0 Å². The van der Waals surface area contributed by atoms with E-state index >= 15 is 0 Å². The van der Waals surface area contributed by atoms with E-state index in [1.807, 2.05) is 20.2 Å². The van der Waals surface area contributed by atoms with Crippen LogP contribution >= 0.6 is 0 Å². The second kappa shape index (κ2) is 5.75. The summed E-state index contributed by atoms with van der Waals surface area (Å²) in [5, 5.41) is 3.18. The molecule has 5 nitrogen and oxygen atoms in total. The molecule has 1 atom stereocenters. The van der Waals surface area contributed by atoms with Crippen molar-refractivity contribution in [1.29, 1.82) is 0 Å². The molecule has 0 saturated heterocycles. The fraction of sp³-hybridized carbons (Fsp3) is 0.353. The average molecular weight is 295 g/mol. The van der Waals surface area contributed by atoms with Gasteiger partial charge in [-0.2, -0.15) is 0 Å². The van der Waals surface area contributed by atoms with Crippen molar-refractivity contribution < 1.29 is 0 Å². The number of aromatic nitrogens is 4. The lowest BCUT2D eigenvalue weighted by molar-refractivity contribution is 0.798. The maximum Gasteiger partial charge on any atom is 0.177 e. The predicted octanol–water partition coefficient (Wildman–Crippen LogP) is 3.42. The smallest absolute Gasteiger partial charge is 0.177 e. The van der Waals surface area contributed by atoms with Gasteiger partial charge >= 0.3 is 0 Å². The van der Waals surface area contributed by atoms with E-state index in [9.17, 15) is 0 Å². The van der Waals surface area contributed by atoms with Crippen molar-refractivity contribution in [1.82, 2.24) is 19.9 Å². The number of nitrogens with one attached hydrogen (secondary N) is 2. The molecular weight excluding hydrogens is 274 g/mol. The van der Waals surface area contributed by atoms with E-state index in [2.05, 4.69) is 52.3 Å². The maximum absolute atomic E-state index is 4.78. The van der Waals surface area contributed by atoms with Crippen LogP contribution in [-0.2, 0) is 6.42 Å². The SMILES string of the molecule is CCc1nc(C(C)c2nc3ncc(C)cc3[nH]2)ccc1NC. The van der Waals surface area contributed by atoms with Crippen molar-refractivity contribution >= 4 is 16.9 Å². The zero-order chi connectivity index (χ0) is 15.7. The minimum Gasteiger partial charge on any atom is -0.387 e. The fourth-order valence-electron chi connectivity index (χ4n) is 2.62. The molecule has 3 aromatic heterocycles. The van der Waals surface area contributed by atoms with Gasteiger partial charge in [-0.1, -0.05) is 6.92 Å². The second-order valence-electron chi connectivity index (χ2n) is 5.56. The molecule has 0 aromatic carbocycles. The van der Waals surface area contributed by atoms with Crippen LogP contribution in [0.1, 0.15) is 42.5 Å². The molecule has 1 unspecified atom stereocenters. The highest BCUT2D eigenvalue weighted by molar-refractivity contribution is 5.71. The van der Waals surface area contributed by atoms with Gasteiger partial charge in [-0.05, 0) is 44.0 Å². The molecule has 0 bridgehead atoms. The zero-order valence-corrected chi connectivity index (χ0v) is 13.4. The third-order valence-corrected chi connectivity index (χ3v) is 3.95.